The first-order chi connectivity index (χ1) is 8.70. The maximum Gasteiger partial charge on any atom is 0.302 e. The number of rotatable bonds is 4. The van der Waals surface area contributed by atoms with Crippen molar-refractivity contribution < 1.29 is 14.3 Å². The van der Waals surface area contributed by atoms with Crippen molar-refractivity contribution in [1.82, 2.24) is 0 Å². The van der Waals surface area contributed by atoms with Gasteiger partial charge in [-0.2, -0.15) is 0 Å². The molecule has 96 valence electrons. The van der Waals surface area contributed by atoms with Crippen LogP contribution in [0, 0.1) is 0 Å². The first-order valence-electron chi connectivity index (χ1n) is 6.17. The second-order valence-corrected chi connectivity index (χ2v) is 4.44. The number of carbonyl (C=O) groups excluding carboxylic acids is 2. The summed E-state index contributed by atoms with van der Waals surface area (Å²) in [4.78, 5) is 23.7. The van der Waals surface area contributed by atoms with Gasteiger partial charge in [-0.3, -0.25) is 9.59 Å². The zero-order chi connectivity index (χ0) is 13.0. The third-order valence-electron chi connectivity index (χ3n) is 3.12. The molecule has 0 aromatic heterocycles. The van der Waals surface area contributed by atoms with E-state index in [1.165, 1.54) is 12.5 Å². The highest BCUT2D eigenvalue weighted by atomic mass is 16.5. The van der Waals surface area contributed by atoms with Gasteiger partial charge in [0.25, 0.3) is 0 Å². The molecular weight excluding hydrogens is 230 g/mol. The van der Waals surface area contributed by atoms with Crippen LogP contribution >= 0.6 is 0 Å². The number of aldehydes is 1. The number of nitrogens with zero attached hydrogens (tertiary/aromatic N) is 1. The summed E-state index contributed by atoms with van der Waals surface area (Å²) < 4.78 is 4.97. The molecule has 0 saturated heterocycles. The first kappa shape index (κ1) is 12.6. The van der Waals surface area contributed by atoms with E-state index >= 15 is 0 Å². The van der Waals surface area contributed by atoms with Gasteiger partial charge in [0, 0.05) is 24.7 Å². The van der Waals surface area contributed by atoms with Crippen LogP contribution in [0.1, 0.15) is 29.3 Å². The lowest BCUT2D eigenvalue weighted by molar-refractivity contribution is -0.140. The average Bonchev–Trinajstić information content (AvgIpc) is 2.38. The van der Waals surface area contributed by atoms with E-state index in [-0.39, 0.29) is 5.97 Å². The number of esters is 1. The van der Waals surface area contributed by atoms with Gasteiger partial charge in [0.05, 0.1) is 6.54 Å². The number of hydrogen-bond acceptors (Lipinski definition) is 4. The summed E-state index contributed by atoms with van der Waals surface area (Å²) in [6.07, 6.45) is 2.94. The van der Waals surface area contributed by atoms with E-state index < -0.39 is 0 Å². The van der Waals surface area contributed by atoms with Crippen LogP contribution in [-0.2, 0) is 16.0 Å². The number of anilines is 1. The Balaban J connectivity index is 2.07. The van der Waals surface area contributed by atoms with Crippen LogP contribution in [0.2, 0.25) is 0 Å². The predicted octanol–water partition coefficient (Wildman–Crippen LogP) is 1.81. The summed E-state index contributed by atoms with van der Waals surface area (Å²) in [5.41, 5.74) is 3.07. The van der Waals surface area contributed by atoms with E-state index in [4.69, 9.17) is 4.74 Å². The molecule has 1 aromatic rings. The van der Waals surface area contributed by atoms with Gasteiger partial charge in [-0.05, 0) is 36.6 Å². The molecule has 1 aliphatic heterocycles. The van der Waals surface area contributed by atoms with Crippen molar-refractivity contribution in [3.63, 3.8) is 0 Å². The Labute approximate surface area is 107 Å². The highest BCUT2D eigenvalue weighted by Gasteiger charge is 2.16. The van der Waals surface area contributed by atoms with Gasteiger partial charge in [0.1, 0.15) is 12.9 Å². The van der Waals surface area contributed by atoms with Gasteiger partial charge < -0.3 is 9.64 Å². The van der Waals surface area contributed by atoms with Crippen molar-refractivity contribution in [2.45, 2.75) is 19.8 Å². The van der Waals surface area contributed by atoms with E-state index in [1.54, 1.807) is 0 Å². The third kappa shape index (κ3) is 2.88. The number of ether oxygens (including phenoxy) is 1. The van der Waals surface area contributed by atoms with Crippen LogP contribution in [0.3, 0.4) is 0 Å². The molecule has 18 heavy (non-hydrogen) atoms. The van der Waals surface area contributed by atoms with Gasteiger partial charge in [-0.1, -0.05) is 0 Å². The molecule has 4 nitrogen and oxygen atoms in total. The smallest absolute Gasteiger partial charge is 0.302 e. The Morgan fingerprint density at radius 1 is 1.50 bits per heavy atom. The molecule has 0 N–H and O–H groups in total. The van der Waals surface area contributed by atoms with Crippen molar-refractivity contribution in [2.24, 2.45) is 0 Å². The monoisotopic (exact) mass is 247 g/mol. The lowest BCUT2D eigenvalue weighted by Crippen LogP contribution is -2.32. The van der Waals surface area contributed by atoms with Crippen molar-refractivity contribution in [3.05, 3.63) is 29.3 Å². The number of hydrogen-bond donors (Lipinski definition) is 0. The second-order valence-electron chi connectivity index (χ2n) is 4.44. The average molecular weight is 247 g/mol. The van der Waals surface area contributed by atoms with Crippen molar-refractivity contribution in [2.75, 3.05) is 24.6 Å². The van der Waals surface area contributed by atoms with Crippen molar-refractivity contribution in [1.29, 1.82) is 0 Å². The summed E-state index contributed by atoms with van der Waals surface area (Å²) in [5, 5.41) is 0. The fourth-order valence-corrected chi connectivity index (χ4v) is 2.30. The molecule has 0 saturated carbocycles. The highest BCUT2D eigenvalue weighted by Crippen LogP contribution is 2.27. The normalized spacial score (nSPS) is 13.9. The molecule has 0 aliphatic carbocycles. The van der Waals surface area contributed by atoms with Crippen LogP contribution in [0.15, 0.2) is 18.2 Å². The van der Waals surface area contributed by atoms with Gasteiger partial charge in [-0.25, -0.2) is 0 Å². The van der Waals surface area contributed by atoms with Crippen molar-refractivity contribution in [3.8, 4) is 0 Å². The number of fused-ring (bicyclic) bond motifs is 1. The minimum atomic E-state index is -0.247. The SMILES string of the molecule is CC(=O)OCCN1CCCc2cc(C=O)ccc21. The Morgan fingerprint density at radius 3 is 3.06 bits per heavy atom. The predicted molar refractivity (Wildman–Crippen MR) is 69.0 cm³/mol. The fourth-order valence-electron chi connectivity index (χ4n) is 2.30. The van der Waals surface area contributed by atoms with Crippen molar-refractivity contribution >= 4 is 17.9 Å². The largest absolute Gasteiger partial charge is 0.464 e. The molecule has 1 aliphatic rings. The van der Waals surface area contributed by atoms with Crippen LogP contribution < -0.4 is 4.90 Å². The maximum atomic E-state index is 10.7. The van der Waals surface area contributed by atoms with E-state index in [0.29, 0.717) is 13.2 Å². The lowest BCUT2D eigenvalue weighted by atomic mass is 9.99. The Bertz CT molecular complexity index is 456. The third-order valence-corrected chi connectivity index (χ3v) is 3.12. The molecule has 0 amide bonds. The molecule has 0 atom stereocenters. The van der Waals surface area contributed by atoms with Gasteiger partial charge in [-0.15, -0.1) is 0 Å². The lowest BCUT2D eigenvalue weighted by Gasteiger charge is -2.31. The zero-order valence-electron chi connectivity index (χ0n) is 10.5. The van der Waals surface area contributed by atoms with E-state index in [1.807, 2.05) is 18.2 Å². The summed E-state index contributed by atoms with van der Waals surface area (Å²) >= 11 is 0. The molecule has 2 rings (SSSR count). The number of benzene rings is 1. The quantitative estimate of drug-likeness (QED) is 0.601. The molecule has 0 radical (unpaired) electrons. The van der Waals surface area contributed by atoms with Gasteiger partial charge >= 0.3 is 5.97 Å². The summed E-state index contributed by atoms with van der Waals surface area (Å²) in [7, 11) is 0. The van der Waals surface area contributed by atoms with Crippen LogP contribution in [0.25, 0.3) is 0 Å². The maximum absolute atomic E-state index is 10.7. The zero-order valence-corrected chi connectivity index (χ0v) is 10.5. The first-order valence-corrected chi connectivity index (χ1v) is 6.17. The van der Waals surface area contributed by atoms with E-state index in [2.05, 4.69) is 4.90 Å². The molecule has 1 heterocycles. The van der Waals surface area contributed by atoms with E-state index in [9.17, 15) is 9.59 Å². The van der Waals surface area contributed by atoms with Crippen LogP contribution in [-0.4, -0.2) is 32.0 Å². The minimum Gasteiger partial charge on any atom is -0.464 e. The number of aryl methyl sites for hydroxylation is 1. The molecule has 0 unspecified atom stereocenters. The Morgan fingerprint density at radius 2 is 2.33 bits per heavy atom. The fraction of sp³-hybridized carbons (Fsp3) is 0.429. The Kier molecular flexibility index (Phi) is 3.97. The topological polar surface area (TPSA) is 46.6 Å². The second kappa shape index (κ2) is 5.67. The molecule has 0 fully saturated rings. The molecule has 4 heteroatoms. The summed E-state index contributed by atoms with van der Waals surface area (Å²) in [6.45, 7) is 3.49. The van der Waals surface area contributed by atoms with Gasteiger partial charge in [0.2, 0.25) is 0 Å². The standard InChI is InChI=1S/C14H17NO3/c1-11(17)18-8-7-15-6-2-3-13-9-12(10-16)4-5-14(13)15/h4-5,9-10H,2-3,6-8H2,1H3. The molecule has 0 spiro atoms. The molecular formula is C14H17NO3. The van der Waals surface area contributed by atoms with Gasteiger partial charge in [0.15, 0.2) is 0 Å². The number of carbonyl (C=O) groups is 2. The van der Waals surface area contributed by atoms with Crippen LogP contribution in [0.4, 0.5) is 5.69 Å². The Hall–Kier alpha value is -1.84. The molecule has 1 aromatic carbocycles. The molecule has 0 bridgehead atoms. The summed E-state index contributed by atoms with van der Waals surface area (Å²) in [5.74, 6) is -0.247. The highest BCUT2D eigenvalue weighted by molar-refractivity contribution is 5.77. The van der Waals surface area contributed by atoms with E-state index in [0.717, 1.165) is 36.9 Å². The summed E-state index contributed by atoms with van der Waals surface area (Å²) in [6, 6.07) is 5.75. The van der Waals surface area contributed by atoms with Crippen LogP contribution in [0.5, 0.6) is 0 Å². The minimum absolute atomic E-state index is 0.247.